The summed E-state index contributed by atoms with van der Waals surface area (Å²) in [6.07, 6.45) is 4.56. The number of phenolic OH excluding ortho intramolecular Hbond substituents is 1. The average Bonchev–Trinajstić information content (AvgIpc) is 2.47. The van der Waals surface area contributed by atoms with Crippen molar-refractivity contribution in [2.45, 2.75) is 37.6 Å². The number of rotatable bonds is 4. The number of methoxy groups -OCH3 is 1. The van der Waals surface area contributed by atoms with Gasteiger partial charge in [-0.25, -0.2) is 0 Å². The smallest absolute Gasteiger partial charge is 0.255 e. The predicted molar refractivity (Wildman–Crippen MR) is 84.7 cm³/mol. The summed E-state index contributed by atoms with van der Waals surface area (Å²) in [5.41, 5.74) is 5.40. The molecule has 0 aromatic heterocycles. The van der Waals surface area contributed by atoms with Crippen LogP contribution in [0.25, 0.3) is 0 Å². The molecule has 1 aliphatic rings. The van der Waals surface area contributed by atoms with Crippen molar-refractivity contribution in [3.8, 4) is 11.5 Å². The number of ether oxygens (including phenoxy) is 1. The number of carbonyl (C=O) groups is 1. The zero-order valence-electron chi connectivity index (χ0n) is 12.0. The Kier molecular flexibility index (Phi) is 4.67. The average molecular weight is 308 g/mol. The maximum absolute atomic E-state index is 12.4. The summed E-state index contributed by atoms with van der Waals surface area (Å²) in [5.74, 6) is -0.00335. The van der Waals surface area contributed by atoms with Crippen LogP contribution < -0.4 is 15.8 Å². The van der Waals surface area contributed by atoms with Crippen molar-refractivity contribution in [3.05, 3.63) is 23.8 Å². The largest absolute Gasteiger partial charge is 0.507 e. The Balaban J connectivity index is 2.21. The van der Waals surface area contributed by atoms with E-state index in [0.29, 0.717) is 10.7 Å². The van der Waals surface area contributed by atoms with Crippen molar-refractivity contribution in [2.75, 3.05) is 7.11 Å². The number of nitrogens with two attached hydrogens (primary N) is 1. The standard InChI is InChI=1S/C15H20N2O3S/c1-20-10-5-6-11(12(18)9-10)13(19)17-15(14(16)21)7-3-2-4-8-15/h5-6,9,18H,2-4,7-8H2,1H3,(H2,16,21)(H,17,19). The first kappa shape index (κ1) is 15.6. The normalized spacial score (nSPS) is 17.0. The number of hydrogen-bond acceptors (Lipinski definition) is 4. The minimum atomic E-state index is -0.642. The van der Waals surface area contributed by atoms with Crippen molar-refractivity contribution in [3.63, 3.8) is 0 Å². The lowest BCUT2D eigenvalue weighted by Crippen LogP contribution is -2.57. The summed E-state index contributed by atoms with van der Waals surface area (Å²) in [4.78, 5) is 12.7. The second-order valence-electron chi connectivity index (χ2n) is 5.34. The lowest BCUT2D eigenvalue weighted by molar-refractivity contribution is 0.0905. The highest BCUT2D eigenvalue weighted by Crippen LogP contribution is 2.30. The highest BCUT2D eigenvalue weighted by atomic mass is 32.1. The summed E-state index contributed by atoms with van der Waals surface area (Å²) in [5, 5.41) is 12.9. The van der Waals surface area contributed by atoms with Crippen LogP contribution in [0.3, 0.4) is 0 Å². The summed E-state index contributed by atoms with van der Waals surface area (Å²) in [6, 6.07) is 4.56. The molecule has 0 aliphatic heterocycles. The molecule has 0 radical (unpaired) electrons. The molecule has 1 aromatic rings. The molecule has 0 spiro atoms. The number of benzene rings is 1. The Hall–Kier alpha value is -1.82. The van der Waals surface area contributed by atoms with Gasteiger partial charge in [-0.05, 0) is 25.0 Å². The molecule has 1 aromatic carbocycles. The molecule has 0 saturated heterocycles. The summed E-state index contributed by atoms with van der Waals surface area (Å²) >= 11 is 5.15. The van der Waals surface area contributed by atoms with Gasteiger partial charge in [-0.1, -0.05) is 31.5 Å². The van der Waals surface area contributed by atoms with E-state index in [0.717, 1.165) is 32.1 Å². The van der Waals surface area contributed by atoms with Crippen molar-refractivity contribution < 1.29 is 14.6 Å². The monoisotopic (exact) mass is 308 g/mol. The number of thiocarbonyl (C=S) groups is 1. The Morgan fingerprint density at radius 3 is 2.57 bits per heavy atom. The zero-order valence-corrected chi connectivity index (χ0v) is 12.8. The molecule has 6 heteroatoms. The molecule has 1 fully saturated rings. The van der Waals surface area contributed by atoms with Crippen molar-refractivity contribution in [1.82, 2.24) is 5.32 Å². The molecular weight excluding hydrogens is 288 g/mol. The fourth-order valence-electron chi connectivity index (χ4n) is 2.70. The Morgan fingerprint density at radius 2 is 2.05 bits per heavy atom. The van der Waals surface area contributed by atoms with Gasteiger partial charge in [0.15, 0.2) is 0 Å². The number of aromatic hydroxyl groups is 1. The molecule has 0 atom stereocenters. The van der Waals surface area contributed by atoms with Crippen LogP contribution in [-0.4, -0.2) is 28.7 Å². The predicted octanol–water partition coefficient (Wildman–Crippen LogP) is 2.12. The molecule has 0 heterocycles. The van der Waals surface area contributed by atoms with E-state index in [9.17, 15) is 9.90 Å². The molecule has 2 rings (SSSR count). The first-order chi connectivity index (χ1) is 9.98. The zero-order chi connectivity index (χ0) is 15.5. The highest BCUT2D eigenvalue weighted by Gasteiger charge is 2.37. The molecule has 4 N–H and O–H groups in total. The summed E-state index contributed by atoms with van der Waals surface area (Å²) in [7, 11) is 1.50. The fraction of sp³-hybridized carbons (Fsp3) is 0.467. The lowest BCUT2D eigenvalue weighted by Gasteiger charge is -2.37. The molecule has 5 nitrogen and oxygen atoms in total. The molecule has 1 aliphatic carbocycles. The third-order valence-corrected chi connectivity index (χ3v) is 4.37. The topological polar surface area (TPSA) is 84.6 Å². The number of hydrogen-bond donors (Lipinski definition) is 3. The van der Waals surface area contributed by atoms with E-state index < -0.39 is 5.54 Å². The molecule has 0 unspecified atom stereocenters. The Bertz CT molecular complexity index is 554. The van der Waals surface area contributed by atoms with E-state index in [4.69, 9.17) is 22.7 Å². The SMILES string of the molecule is COc1ccc(C(=O)NC2(C(N)=S)CCCCC2)c(O)c1. The van der Waals surface area contributed by atoms with Crippen LogP contribution in [0.15, 0.2) is 18.2 Å². The van der Waals surface area contributed by atoms with Gasteiger partial charge in [0.1, 0.15) is 11.5 Å². The van der Waals surface area contributed by atoms with Gasteiger partial charge in [0.05, 0.1) is 23.2 Å². The maximum atomic E-state index is 12.4. The second kappa shape index (κ2) is 6.30. The minimum Gasteiger partial charge on any atom is -0.507 e. The highest BCUT2D eigenvalue weighted by molar-refractivity contribution is 7.80. The van der Waals surface area contributed by atoms with Gasteiger partial charge in [0.25, 0.3) is 5.91 Å². The van der Waals surface area contributed by atoms with Crippen LogP contribution in [0.5, 0.6) is 11.5 Å². The Labute approximate surface area is 129 Å². The van der Waals surface area contributed by atoms with E-state index in [1.54, 1.807) is 6.07 Å². The van der Waals surface area contributed by atoms with Gasteiger partial charge >= 0.3 is 0 Å². The van der Waals surface area contributed by atoms with E-state index >= 15 is 0 Å². The fourth-order valence-corrected chi connectivity index (χ4v) is 2.96. The van der Waals surface area contributed by atoms with Crippen LogP contribution in [0.4, 0.5) is 0 Å². The first-order valence-electron chi connectivity index (χ1n) is 6.98. The summed E-state index contributed by atoms with van der Waals surface area (Å²) < 4.78 is 5.01. The number of nitrogens with one attached hydrogen (secondary N) is 1. The van der Waals surface area contributed by atoms with Crippen molar-refractivity contribution in [1.29, 1.82) is 0 Å². The van der Waals surface area contributed by atoms with Crippen LogP contribution in [0.2, 0.25) is 0 Å². The third-order valence-electron chi connectivity index (χ3n) is 3.98. The van der Waals surface area contributed by atoms with Crippen LogP contribution in [-0.2, 0) is 0 Å². The minimum absolute atomic E-state index is 0.124. The third kappa shape index (κ3) is 3.26. The van der Waals surface area contributed by atoms with Crippen LogP contribution >= 0.6 is 12.2 Å². The number of carbonyl (C=O) groups excluding carboxylic acids is 1. The first-order valence-corrected chi connectivity index (χ1v) is 7.39. The van der Waals surface area contributed by atoms with E-state index in [2.05, 4.69) is 5.32 Å². The summed E-state index contributed by atoms with van der Waals surface area (Å²) in [6.45, 7) is 0. The van der Waals surface area contributed by atoms with E-state index in [-0.39, 0.29) is 17.2 Å². The second-order valence-corrected chi connectivity index (χ2v) is 5.78. The van der Waals surface area contributed by atoms with E-state index in [1.165, 1.54) is 19.2 Å². The number of amides is 1. The molecule has 114 valence electrons. The van der Waals surface area contributed by atoms with Crippen molar-refractivity contribution >= 4 is 23.1 Å². The molecule has 0 bridgehead atoms. The maximum Gasteiger partial charge on any atom is 0.255 e. The van der Waals surface area contributed by atoms with Gasteiger partial charge in [-0.3, -0.25) is 4.79 Å². The lowest BCUT2D eigenvalue weighted by atomic mass is 9.81. The number of phenols is 1. The van der Waals surface area contributed by atoms with Gasteiger partial charge in [0, 0.05) is 6.07 Å². The van der Waals surface area contributed by atoms with Gasteiger partial charge < -0.3 is 20.9 Å². The Morgan fingerprint density at radius 1 is 1.38 bits per heavy atom. The van der Waals surface area contributed by atoms with Crippen LogP contribution in [0, 0.1) is 0 Å². The molecule has 1 amide bonds. The van der Waals surface area contributed by atoms with E-state index in [1.807, 2.05) is 0 Å². The quantitative estimate of drug-likeness (QED) is 0.742. The molecule has 1 saturated carbocycles. The molecule has 21 heavy (non-hydrogen) atoms. The van der Waals surface area contributed by atoms with Crippen LogP contribution in [0.1, 0.15) is 42.5 Å². The van der Waals surface area contributed by atoms with Gasteiger partial charge in [0.2, 0.25) is 0 Å². The van der Waals surface area contributed by atoms with Gasteiger partial charge in [-0.15, -0.1) is 0 Å². The van der Waals surface area contributed by atoms with Gasteiger partial charge in [-0.2, -0.15) is 0 Å². The van der Waals surface area contributed by atoms with Crippen molar-refractivity contribution in [2.24, 2.45) is 5.73 Å². The molecular formula is C15H20N2O3S.